The molecular weight excluding hydrogens is 270 g/mol. The van der Waals surface area contributed by atoms with Crippen LogP contribution in [-0.2, 0) is 4.79 Å². The third-order valence-electron chi connectivity index (χ3n) is 5.14. The van der Waals surface area contributed by atoms with Gasteiger partial charge in [-0.3, -0.25) is 4.79 Å². The van der Waals surface area contributed by atoms with E-state index in [0.29, 0.717) is 25.4 Å². The molecule has 1 heterocycles. The number of aliphatic carboxylic acids is 1. The first-order valence-corrected chi connectivity index (χ1v) is 7.85. The second-order valence-electron chi connectivity index (χ2n) is 6.66. The molecule has 2 N–H and O–H groups in total. The van der Waals surface area contributed by atoms with E-state index in [-0.39, 0.29) is 18.0 Å². The number of carbonyl (C=O) groups is 2. The van der Waals surface area contributed by atoms with Gasteiger partial charge in [0.2, 0.25) is 0 Å². The minimum atomic E-state index is -0.754. The van der Waals surface area contributed by atoms with Gasteiger partial charge in [0.25, 0.3) is 0 Å². The zero-order chi connectivity index (χ0) is 15.5. The molecule has 1 aliphatic carbocycles. The molecule has 0 aromatic carbocycles. The van der Waals surface area contributed by atoms with Crippen LogP contribution in [0.5, 0.6) is 0 Å². The SMILES string of the molecule is CN(C)C1(CNC(=O)N2CCC(CCC(=O)O)C2)CCC1. The van der Waals surface area contributed by atoms with Crippen LogP contribution < -0.4 is 5.32 Å². The monoisotopic (exact) mass is 297 g/mol. The first-order valence-electron chi connectivity index (χ1n) is 7.85. The van der Waals surface area contributed by atoms with Crippen LogP contribution in [0.25, 0.3) is 0 Å². The van der Waals surface area contributed by atoms with Gasteiger partial charge in [-0.1, -0.05) is 0 Å². The van der Waals surface area contributed by atoms with Crippen LogP contribution in [0.4, 0.5) is 4.79 Å². The van der Waals surface area contributed by atoms with E-state index in [2.05, 4.69) is 24.3 Å². The van der Waals surface area contributed by atoms with Gasteiger partial charge in [-0.25, -0.2) is 4.79 Å². The smallest absolute Gasteiger partial charge is 0.317 e. The van der Waals surface area contributed by atoms with Gasteiger partial charge in [-0.2, -0.15) is 0 Å². The molecule has 6 heteroatoms. The normalized spacial score (nSPS) is 24.0. The fourth-order valence-electron chi connectivity index (χ4n) is 3.30. The molecule has 1 unspecified atom stereocenters. The van der Waals surface area contributed by atoms with Crippen LogP contribution in [-0.4, -0.2) is 66.2 Å². The Morgan fingerprint density at radius 2 is 2.10 bits per heavy atom. The van der Waals surface area contributed by atoms with Crippen LogP contribution in [0.2, 0.25) is 0 Å². The molecule has 2 aliphatic rings. The Balaban J connectivity index is 1.73. The molecule has 0 radical (unpaired) electrons. The number of urea groups is 1. The molecule has 1 saturated carbocycles. The minimum absolute atomic E-state index is 0.000880. The van der Waals surface area contributed by atoms with Gasteiger partial charge in [0, 0.05) is 31.6 Å². The summed E-state index contributed by atoms with van der Waals surface area (Å²) in [6.45, 7) is 2.13. The first-order chi connectivity index (χ1) is 9.93. The van der Waals surface area contributed by atoms with Gasteiger partial charge in [-0.05, 0) is 52.1 Å². The summed E-state index contributed by atoms with van der Waals surface area (Å²) in [7, 11) is 4.15. The van der Waals surface area contributed by atoms with E-state index >= 15 is 0 Å². The summed E-state index contributed by atoms with van der Waals surface area (Å²) in [6.07, 6.45) is 5.29. The van der Waals surface area contributed by atoms with Crippen molar-refractivity contribution in [2.45, 2.75) is 44.1 Å². The number of rotatable bonds is 6. The number of carbonyl (C=O) groups excluding carboxylic acids is 1. The van der Waals surface area contributed by atoms with E-state index in [1.165, 1.54) is 6.42 Å². The summed E-state index contributed by atoms with van der Waals surface area (Å²) in [5.41, 5.74) is 0.137. The minimum Gasteiger partial charge on any atom is -0.481 e. The van der Waals surface area contributed by atoms with Gasteiger partial charge >= 0.3 is 12.0 Å². The maximum Gasteiger partial charge on any atom is 0.317 e. The summed E-state index contributed by atoms with van der Waals surface area (Å²) in [5, 5.41) is 11.8. The van der Waals surface area contributed by atoms with E-state index in [4.69, 9.17) is 5.11 Å². The van der Waals surface area contributed by atoms with Gasteiger partial charge < -0.3 is 20.2 Å². The molecule has 0 spiro atoms. The van der Waals surface area contributed by atoms with Gasteiger partial charge in [0.1, 0.15) is 0 Å². The lowest BCUT2D eigenvalue weighted by molar-refractivity contribution is -0.137. The van der Waals surface area contributed by atoms with Crippen molar-refractivity contribution in [3.63, 3.8) is 0 Å². The number of carboxylic acids is 1. The lowest BCUT2D eigenvalue weighted by Gasteiger charge is -2.47. The molecule has 6 nitrogen and oxygen atoms in total. The number of hydrogen-bond donors (Lipinski definition) is 2. The number of nitrogens with one attached hydrogen (secondary N) is 1. The van der Waals surface area contributed by atoms with Crippen LogP contribution >= 0.6 is 0 Å². The third-order valence-corrected chi connectivity index (χ3v) is 5.14. The van der Waals surface area contributed by atoms with E-state index in [1.807, 2.05) is 4.90 Å². The Bertz CT molecular complexity index is 394. The van der Waals surface area contributed by atoms with Crippen molar-refractivity contribution < 1.29 is 14.7 Å². The molecule has 120 valence electrons. The molecule has 2 fully saturated rings. The molecule has 0 aromatic rings. The summed E-state index contributed by atoms with van der Waals surface area (Å²) < 4.78 is 0. The number of carboxylic acid groups (broad SMARTS) is 1. The highest BCUT2D eigenvalue weighted by molar-refractivity contribution is 5.74. The van der Waals surface area contributed by atoms with Crippen LogP contribution in [0, 0.1) is 5.92 Å². The van der Waals surface area contributed by atoms with Crippen molar-refractivity contribution in [2.75, 3.05) is 33.7 Å². The Morgan fingerprint density at radius 1 is 1.38 bits per heavy atom. The van der Waals surface area contributed by atoms with Crippen LogP contribution in [0.1, 0.15) is 38.5 Å². The zero-order valence-electron chi connectivity index (χ0n) is 13.1. The Hall–Kier alpha value is -1.30. The highest BCUT2D eigenvalue weighted by Crippen LogP contribution is 2.35. The van der Waals surface area contributed by atoms with Crippen molar-refractivity contribution in [3.8, 4) is 0 Å². The molecule has 1 atom stereocenters. The van der Waals surface area contributed by atoms with E-state index in [9.17, 15) is 9.59 Å². The number of hydrogen-bond acceptors (Lipinski definition) is 3. The number of nitrogens with zero attached hydrogens (tertiary/aromatic N) is 2. The summed E-state index contributed by atoms with van der Waals surface area (Å²) in [4.78, 5) is 26.9. The second kappa shape index (κ2) is 6.64. The van der Waals surface area contributed by atoms with Gasteiger partial charge in [0.05, 0.1) is 0 Å². The average molecular weight is 297 g/mol. The lowest BCUT2D eigenvalue weighted by atomic mass is 9.75. The highest BCUT2D eigenvalue weighted by atomic mass is 16.4. The van der Waals surface area contributed by atoms with E-state index in [0.717, 1.165) is 25.8 Å². The number of likely N-dealkylation sites (tertiary alicyclic amines) is 1. The maximum absolute atomic E-state index is 12.2. The van der Waals surface area contributed by atoms with Gasteiger partial charge in [-0.15, -0.1) is 0 Å². The quantitative estimate of drug-likeness (QED) is 0.776. The van der Waals surface area contributed by atoms with Crippen molar-refractivity contribution in [3.05, 3.63) is 0 Å². The Morgan fingerprint density at radius 3 is 2.62 bits per heavy atom. The zero-order valence-corrected chi connectivity index (χ0v) is 13.1. The summed E-state index contributed by atoms with van der Waals surface area (Å²) in [5.74, 6) is -0.422. The fraction of sp³-hybridized carbons (Fsp3) is 0.867. The highest BCUT2D eigenvalue weighted by Gasteiger charge is 2.39. The fourth-order valence-corrected chi connectivity index (χ4v) is 3.30. The topological polar surface area (TPSA) is 72.9 Å². The van der Waals surface area contributed by atoms with Crippen molar-refractivity contribution in [2.24, 2.45) is 5.92 Å². The standard InChI is InChI=1S/C15H27N3O3/c1-17(2)15(7-3-8-15)11-16-14(21)18-9-6-12(10-18)4-5-13(19)20/h12H,3-11H2,1-2H3,(H,16,21)(H,19,20). The van der Waals surface area contributed by atoms with E-state index in [1.54, 1.807) is 0 Å². The maximum atomic E-state index is 12.2. The Labute approximate surface area is 126 Å². The lowest BCUT2D eigenvalue weighted by Crippen LogP contribution is -2.58. The predicted molar refractivity (Wildman–Crippen MR) is 80.2 cm³/mol. The molecule has 0 bridgehead atoms. The summed E-state index contributed by atoms with van der Waals surface area (Å²) >= 11 is 0. The van der Waals surface area contributed by atoms with Crippen LogP contribution in [0.3, 0.4) is 0 Å². The molecule has 21 heavy (non-hydrogen) atoms. The van der Waals surface area contributed by atoms with Crippen molar-refractivity contribution in [1.29, 1.82) is 0 Å². The predicted octanol–water partition coefficient (Wildman–Crippen LogP) is 1.37. The number of amides is 2. The van der Waals surface area contributed by atoms with Crippen LogP contribution in [0.15, 0.2) is 0 Å². The van der Waals surface area contributed by atoms with E-state index < -0.39 is 5.97 Å². The largest absolute Gasteiger partial charge is 0.481 e. The third kappa shape index (κ3) is 3.87. The molecule has 1 aliphatic heterocycles. The second-order valence-corrected chi connectivity index (χ2v) is 6.66. The average Bonchev–Trinajstić information content (AvgIpc) is 2.83. The summed E-state index contributed by atoms with van der Waals surface area (Å²) in [6, 6.07) is 0.000880. The molecular formula is C15H27N3O3. The van der Waals surface area contributed by atoms with Crippen molar-refractivity contribution >= 4 is 12.0 Å². The van der Waals surface area contributed by atoms with Crippen molar-refractivity contribution in [1.82, 2.24) is 15.1 Å². The van der Waals surface area contributed by atoms with Gasteiger partial charge in [0.15, 0.2) is 0 Å². The molecule has 2 amide bonds. The molecule has 0 aromatic heterocycles. The molecule has 1 saturated heterocycles. The Kier molecular flexibility index (Phi) is 5.08. The molecule has 2 rings (SSSR count). The number of likely N-dealkylation sites (N-methyl/N-ethyl adjacent to an activating group) is 1. The first kappa shape index (κ1) is 16.1.